The van der Waals surface area contributed by atoms with Crippen molar-refractivity contribution in [3.05, 3.63) is 52.0 Å². The van der Waals surface area contributed by atoms with Gasteiger partial charge in [-0.1, -0.05) is 0 Å². The van der Waals surface area contributed by atoms with Crippen molar-refractivity contribution in [3.8, 4) is 5.75 Å². The topological polar surface area (TPSA) is 97.8 Å². The van der Waals surface area contributed by atoms with E-state index in [1.807, 2.05) is 19.1 Å². The third-order valence-electron chi connectivity index (χ3n) is 4.18. The summed E-state index contributed by atoms with van der Waals surface area (Å²) in [7, 11) is 1.45. The molecule has 1 amide bonds. The Morgan fingerprint density at radius 3 is 2.63 bits per heavy atom. The number of benzene rings is 1. The van der Waals surface area contributed by atoms with Crippen LogP contribution in [0, 0.1) is 17.0 Å². The third-order valence-corrected chi connectivity index (χ3v) is 4.18. The number of carbonyl (C=O) groups is 1. The van der Waals surface area contributed by atoms with Crippen LogP contribution >= 0.6 is 0 Å². The van der Waals surface area contributed by atoms with Gasteiger partial charge in [-0.2, -0.15) is 0 Å². The maximum absolute atomic E-state index is 12.4. The molecule has 0 saturated heterocycles. The van der Waals surface area contributed by atoms with Crippen molar-refractivity contribution in [2.45, 2.75) is 39.8 Å². The van der Waals surface area contributed by atoms with Crippen LogP contribution in [0.3, 0.4) is 0 Å². The van der Waals surface area contributed by atoms with Crippen LogP contribution < -0.4 is 10.1 Å². The Morgan fingerprint density at radius 2 is 2.07 bits per heavy atom. The molecule has 0 aliphatic rings. The summed E-state index contributed by atoms with van der Waals surface area (Å²) in [4.78, 5) is 24.9. The minimum atomic E-state index is -0.513. The molecule has 8 heteroatoms. The number of rotatable bonds is 9. The summed E-state index contributed by atoms with van der Waals surface area (Å²) in [5.74, 6) is 1.84. The molecule has 0 bridgehead atoms. The van der Waals surface area contributed by atoms with Gasteiger partial charge in [0.05, 0.1) is 24.3 Å². The normalized spacial score (nSPS) is 11.0. The van der Waals surface area contributed by atoms with Gasteiger partial charge in [0.2, 0.25) is 5.91 Å². The number of hydrogen-bond acceptors (Lipinski definition) is 6. The Balaban J connectivity index is 1.99. The molecule has 0 aliphatic heterocycles. The van der Waals surface area contributed by atoms with Gasteiger partial charge in [0.15, 0.2) is 0 Å². The van der Waals surface area contributed by atoms with Crippen molar-refractivity contribution >= 4 is 17.3 Å². The van der Waals surface area contributed by atoms with Crippen molar-refractivity contribution < 1.29 is 18.9 Å². The third kappa shape index (κ3) is 5.82. The molecule has 1 aromatic carbocycles. The zero-order valence-electron chi connectivity index (χ0n) is 16.0. The number of methoxy groups -OCH3 is 1. The SMILES string of the molecule is COc1ccc([N+](=O)[O-])cc1NC(=O)CCN(Cc1ccc(C)o1)C(C)C. The molecular weight excluding hydrogens is 350 g/mol. The maximum atomic E-state index is 12.4. The van der Waals surface area contributed by atoms with E-state index in [0.29, 0.717) is 18.8 Å². The lowest BCUT2D eigenvalue weighted by Crippen LogP contribution is -2.33. The quantitative estimate of drug-likeness (QED) is 0.529. The summed E-state index contributed by atoms with van der Waals surface area (Å²) >= 11 is 0. The minimum Gasteiger partial charge on any atom is -0.495 e. The molecule has 0 atom stereocenters. The lowest BCUT2D eigenvalue weighted by Gasteiger charge is -2.25. The Bertz CT molecular complexity index is 800. The lowest BCUT2D eigenvalue weighted by molar-refractivity contribution is -0.384. The zero-order valence-corrected chi connectivity index (χ0v) is 16.0. The predicted molar refractivity (Wildman–Crippen MR) is 102 cm³/mol. The second-order valence-electron chi connectivity index (χ2n) is 6.52. The van der Waals surface area contributed by atoms with Gasteiger partial charge < -0.3 is 14.5 Å². The minimum absolute atomic E-state index is 0.108. The number of nitro groups is 1. The first-order valence-electron chi connectivity index (χ1n) is 8.71. The number of anilines is 1. The predicted octanol–water partition coefficient (Wildman–Crippen LogP) is 3.74. The number of hydrogen-bond donors (Lipinski definition) is 1. The molecule has 0 saturated carbocycles. The molecule has 1 aromatic heterocycles. The standard InChI is InChI=1S/C19H25N3O5/c1-13(2)21(12-16-7-5-14(3)27-16)10-9-19(23)20-17-11-15(22(24)25)6-8-18(17)26-4/h5-8,11,13H,9-10,12H2,1-4H3,(H,20,23). The molecule has 1 N–H and O–H groups in total. The van der Waals surface area contributed by atoms with Gasteiger partial charge in [-0.25, -0.2) is 0 Å². The highest BCUT2D eigenvalue weighted by Crippen LogP contribution is 2.29. The van der Waals surface area contributed by atoms with E-state index < -0.39 is 4.92 Å². The van der Waals surface area contributed by atoms with E-state index >= 15 is 0 Å². The van der Waals surface area contributed by atoms with E-state index in [4.69, 9.17) is 9.15 Å². The fourth-order valence-corrected chi connectivity index (χ4v) is 2.66. The number of aryl methyl sites for hydroxylation is 1. The first-order valence-corrected chi connectivity index (χ1v) is 8.71. The van der Waals surface area contributed by atoms with Crippen LogP contribution in [-0.2, 0) is 11.3 Å². The van der Waals surface area contributed by atoms with Crippen LogP contribution in [0.1, 0.15) is 31.8 Å². The monoisotopic (exact) mass is 375 g/mol. The summed E-state index contributed by atoms with van der Waals surface area (Å²) in [6.07, 6.45) is 0.240. The van der Waals surface area contributed by atoms with Crippen LogP contribution in [0.25, 0.3) is 0 Å². The molecule has 27 heavy (non-hydrogen) atoms. The fraction of sp³-hybridized carbons (Fsp3) is 0.421. The Morgan fingerprint density at radius 1 is 1.33 bits per heavy atom. The van der Waals surface area contributed by atoms with E-state index in [0.717, 1.165) is 11.5 Å². The van der Waals surface area contributed by atoms with Crippen LogP contribution in [0.5, 0.6) is 5.75 Å². The van der Waals surface area contributed by atoms with Crippen molar-refractivity contribution in [1.82, 2.24) is 4.90 Å². The lowest BCUT2D eigenvalue weighted by atomic mass is 10.2. The Hall–Kier alpha value is -2.87. The van der Waals surface area contributed by atoms with Gasteiger partial charge in [0.1, 0.15) is 17.3 Å². The van der Waals surface area contributed by atoms with Crippen LogP contribution in [-0.4, -0.2) is 35.4 Å². The van der Waals surface area contributed by atoms with Crippen LogP contribution in [0.15, 0.2) is 34.7 Å². The summed E-state index contributed by atoms with van der Waals surface area (Å²) < 4.78 is 10.8. The first-order chi connectivity index (χ1) is 12.8. The van der Waals surface area contributed by atoms with Crippen molar-refractivity contribution in [1.29, 1.82) is 0 Å². The number of furan rings is 1. The molecule has 0 unspecified atom stereocenters. The van der Waals surface area contributed by atoms with Gasteiger partial charge in [-0.3, -0.25) is 19.8 Å². The Kier molecular flexibility index (Phi) is 6.95. The van der Waals surface area contributed by atoms with Crippen molar-refractivity contribution in [3.63, 3.8) is 0 Å². The van der Waals surface area contributed by atoms with Gasteiger partial charge >= 0.3 is 0 Å². The second kappa shape index (κ2) is 9.18. The molecular formula is C19H25N3O5. The Labute approximate surface area is 158 Å². The number of nitrogens with zero attached hydrogens (tertiary/aromatic N) is 2. The van der Waals surface area contributed by atoms with E-state index in [1.165, 1.54) is 25.3 Å². The second-order valence-corrected chi connectivity index (χ2v) is 6.52. The molecule has 2 aromatic rings. The van der Waals surface area contributed by atoms with Gasteiger partial charge in [0, 0.05) is 31.1 Å². The number of nitro benzene ring substituents is 1. The highest BCUT2D eigenvalue weighted by Gasteiger charge is 2.17. The summed E-state index contributed by atoms with van der Waals surface area (Å²) in [6.45, 7) is 7.14. The molecule has 0 radical (unpaired) electrons. The smallest absolute Gasteiger partial charge is 0.271 e. The number of nitrogens with one attached hydrogen (secondary N) is 1. The van der Waals surface area contributed by atoms with Gasteiger partial charge in [0.25, 0.3) is 5.69 Å². The average molecular weight is 375 g/mol. The first kappa shape index (κ1) is 20.4. The zero-order chi connectivity index (χ0) is 20.0. The van der Waals surface area contributed by atoms with E-state index in [9.17, 15) is 14.9 Å². The maximum Gasteiger partial charge on any atom is 0.271 e. The fourth-order valence-electron chi connectivity index (χ4n) is 2.66. The highest BCUT2D eigenvalue weighted by atomic mass is 16.6. The molecule has 0 aliphatic carbocycles. The molecule has 146 valence electrons. The van der Waals surface area contributed by atoms with E-state index in [2.05, 4.69) is 24.1 Å². The molecule has 2 rings (SSSR count). The van der Waals surface area contributed by atoms with Crippen molar-refractivity contribution in [2.24, 2.45) is 0 Å². The molecule has 0 fully saturated rings. The van der Waals surface area contributed by atoms with Gasteiger partial charge in [-0.05, 0) is 39.0 Å². The summed E-state index contributed by atoms with van der Waals surface area (Å²) in [5.41, 5.74) is 0.178. The summed E-state index contributed by atoms with van der Waals surface area (Å²) in [6, 6.07) is 8.17. The largest absolute Gasteiger partial charge is 0.495 e. The molecule has 0 spiro atoms. The van der Waals surface area contributed by atoms with E-state index in [-0.39, 0.29) is 29.7 Å². The number of carbonyl (C=O) groups excluding carboxylic acids is 1. The van der Waals surface area contributed by atoms with E-state index in [1.54, 1.807) is 0 Å². The summed E-state index contributed by atoms with van der Waals surface area (Å²) in [5, 5.41) is 13.6. The molecule has 1 heterocycles. The molecule has 8 nitrogen and oxygen atoms in total. The van der Waals surface area contributed by atoms with Crippen LogP contribution in [0.4, 0.5) is 11.4 Å². The number of non-ortho nitro benzene ring substituents is 1. The van der Waals surface area contributed by atoms with Gasteiger partial charge in [-0.15, -0.1) is 0 Å². The highest BCUT2D eigenvalue weighted by molar-refractivity contribution is 5.92. The number of ether oxygens (including phenoxy) is 1. The van der Waals surface area contributed by atoms with Crippen LogP contribution in [0.2, 0.25) is 0 Å². The number of amides is 1. The van der Waals surface area contributed by atoms with Crippen molar-refractivity contribution in [2.75, 3.05) is 19.0 Å². The average Bonchev–Trinajstić information content (AvgIpc) is 3.03.